The van der Waals surface area contributed by atoms with Crippen LogP contribution in [0.25, 0.3) is 17.1 Å². The Bertz CT molecular complexity index is 1390. The standard InChI is InChI=1S/C23H25N7O5/c31-21-19-20(26-23(27-21)30-14-17(12-25-30)22(32)33)29(15-24-19)13-16-3-1-4-18(11-16)35-8-2-5-28-6-9-34-10-7-28/h1,3-4,11-12,14-15H,2,5-10,13H2,(H,32,33)(H,26,27,31). The number of hydrogen-bond acceptors (Lipinski definition) is 8. The predicted octanol–water partition coefficient (Wildman–Crippen LogP) is 1.15. The van der Waals surface area contributed by atoms with Gasteiger partial charge in [-0.05, 0) is 24.1 Å². The molecule has 0 saturated carbocycles. The number of hydrogen-bond donors (Lipinski definition) is 2. The second kappa shape index (κ2) is 10.1. The van der Waals surface area contributed by atoms with Crippen molar-refractivity contribution in [3.8, 4) is 11.7 Å². The molecule has 12 nitrogen and oxygen atoms in total. The van der Waals surface area contributed by atoms with E-state index in [9.17, 15) is 9.59 Å². The number of aromatic nitrogens is 6. The average molecular weight is 479 g/mol. The van der Waals surface area contributed by atoms with E-state index >= 15 is 0 Å². The zero-order chi connectivity index (χ0) is 24.2. The van der Waals surface area contributed by atoms with Gasteiger partial charge in [-0.1, -0.05) is 12.1 Å². The maximum absolute atomic E-state index is 12.5. The third kappa shape index (κ3) is 5.23. The summed E-state index contributed by atoms with van der Waals surface area (Å²) < 4.78 is 14.3. The van der Waals surface area contributed by atoms with Crippen LogP contribution in [-0.4, -0.2) is 84.7 Å². The highest BCUT2D eigenvalue weighted by molar-refractivity contribution is 5.86. The Hall–Kier alpha value is -4.03. The number of ether oxygens (including phenoxy) is 2. The number of aromatic carboxylic acids is 1. The lowest BCUT2D eigenvalue weighted by atomic mass is 10.2. The van der Waals surface area contributed by atoms with E-state index in [1.54, 1.807) is 10.9 Å². The number of carboxylic acid groups (broad SMARTS) is 1. The second-order valence-electron chi connectivity index (χ2n) is 8.22. The van der Waals surface area contributed by atoms with Crippen molar-refractivity contribution in [1.29, 1.82) is 0 Å². The molecule has 1 fully saturated rings. The van der Waals surface area contributed by atoms with Crippen LogP contribution in [0.5, 0.6) is 5.75 Å². The molecule has 12 heteroatoms. The molecule has 35 heavy (non-hydrogen) atoms. The van der Waals surface area contributed by atoms with Crippen molar-refractivity contribution >= 4 is 17.1 Å². The fraction of sp³-hybridized carbons (Fsp3) is 0.348. The van der Waals surface area contributed by atoms with Crippen LogP contribution in [0.4, 0.5) is 0 Å². The minimum Gasteiger partial charge on any atom is -0.494 e. The quantitative estimate of drug-likeness (QED) is 0.338. The number of H-pyrrole nitrogens is 1. The van der Waals surface area contributed by atoms with E-state index in [4.69, 9.17) is 14.6 Å². The molecule has 1 saturated heterocycles. The Morgan fingerprint density at radius 1 is 1.26 bits per heavy atom. The van der Waals surface area contributed by atoms with Crippen LogP contribution in [-0.2, 0) is 11.3 Å². The number of fused-ring (bicyclic) bond motifs is 1. The van der Waals surface area contributed by atoms with Crippen molar-refractivity contribution in [2.75, 3.05) is 39.5 Å². The van der Waals surface area contributed by atoms with Crippen molar-refractivity contribution in [3.05, 3.63) is 64.5 Å². The highest BCUT2D eigenvalue weighted by Gasteiger charge is 2.14. The minimum absolute atomic E-state index is 0.0111. The highest BCUT2D eigenvalue weighted by atomic mass is 16.5. The molecular weight excluding hydrogens is 454 g/mol. The molecule has 5 rings (SSSR count). The highest BCUT2D eigenvalue weighted by Crippen LogP contribution is 2.17. The summed E-state index contributed by atoms with van der Waals surface area (Å²) in [6, 6.07) is 7.77. The number of nitrogens with one attached hydrogen (secondary N) is 1. The monoisotopic (exact) mass is 479 g/mol. The van der Waals surface area contributed by atoms with E-state index < -0.39 is 11.5 Å². The summed E-state index contributed by atoms with van der Waals surface area (Å²) in [5.41, 5.74) is 1.07. The first-order valence-corrected chi connectivity index (χ1v) is 11.3. The van der Waals surface area contributed by atoms with Crippen molar-refractivity contribution in [3.63, 3.8) is 0 Å². The second-order valence-corrected chi connectivity index (χ2v) is 8.22. The molecule has 4 heterocycles. The lowest BCUT2D eigenvalue weighted by Gasteiger charge is -2.26. The van der Waals surface area contributed by atoms with Crippen LogP contribution in [0.2, 0.25) is 0 Å². The van der Waals surface area contributed by atoms with E-state index in [-0.39, 0.29) is 17.0 Å². The number of imidazole rings is 1. The van der Waals surface area contributed by atoms with Gasteiger partial charge in [-0.3, -0.25) is 14.7 Å². The largest absolute Gasteiger partial charge is 0.494 e. The summed E-state index contributed by atoms with van der Waals surface area (Å²) in [4.78, 5) is 37.3. The first-order valence-electron chi connectivity index (χ1n) is 11.3. The van der Waals surface area contributed by atoms with Gasteiger partial charge in [0.15, 0.2) is 11.2 Å². The first-order chi connectivity index (χ1) is 17.1. The zero-order valence-corrected chi connectivity index (χ0v) is 19.0. The Balaban J connectivity index is 1.28. The van der Waals surface area contributed by atoms with Crippen LogP contribution in [0.15, 0.2) is 47.8 Å². The molecule has 0 atom stereocenters. The van der Waals surface area contributed by atoms with Gasteiger partial charge >= 0.3 is 5.97 Å². The third-order valence-corrected chi connectivity index (χ3v) is 5.75. The van der Waals surface area contributed by atoms with Gasteiger partial charge in [0.1, 0.15) is 5.75 Å². The number of aromatic amines is 1. The number of nitrogens with zero attached hydrogens (tertiary/aromatic N) is 6. The number of carboxylic acids is 1. The lowest BCUT2D eigenvalue weighted by Crippen LogP contribution is -2.37. The van der Waals surface area contributed by atoms with E-state index in [0.717, 1.165) is 50.6 Å². The van der Waals surface area contributed by atoms with E-state index in [1.165, 1.54) is 17.1 Å². The zero-order valence-electron chi connectivity index (χ0n) is 19.0. The van der Waals surface area contributed by atoms with Crippen LogP contribution in [0.3, 0.4) is 0 Å². The third-order valence-electron chi connectivity index (χ3n) is 5.75. The van der Waals surface area contributed by atoms with Gasteiger partial charge in [-0.2, -0.15) is 10.1 Å². The molecule has 1 aliphatic rings. The van der Waals surface area contributed by atoms with Crippen LogP contribution >= 0.6 is 0 Å². The lowest BCUT2D eigenvalue weighted by molar-refractivity contribution is 0.0358. The molecule has 182 valence electrons. The van der Waals surface area contributed by atoms with Crippen molar-refractivity contribution in [1.82, 2.24) is 34.2 Å². The summed E-state index contributed by atoms with van der Waals surface area (Å²) in [7, 11) is 0. The molecule has 0 amide bonds. The molecule has 1 aliphatic heterocycles. The fourth-order valence-electron chi connectivity index (χ4n) is 3.95. The predicted molar refractivity (Wildman–Crippen MR) is 125 cm³/mol. The molecule has 3 aromatic heterocycles. The minimum atomic E-state index is -1.12. The summed E-state index contributed by atoms with van der Waals surface area (Å²) >= 11 is 0. The molecule has 1 aromatic carbocycles. The Labute approximate surface area is 199 Å². The Morgan fingerprint density at radius 3 is 2.91 bits per heavy atom. The van der Waals surface area contributed by atoms with Gasteiger partial charge in [0.25, 0.3) is 5.56 Å². The fourth-order valence-corrected chi connectivity index (χ4v) is 3.95. The van der Waals surface area contributed by atoms with Gasteiger partial charge in [0, 0.05) is 25.8 Å². The van der Waals surface area contributed by atoms with Crippen LogP contribution < -0.4 is 10.3 Å². The normalized spacial score (nSPS) is 14.4. The maximum atomic E-state index is 12.5. The molecular formula is C23H25N7O5. The Kier molecular flexibility index (Phi) is 6.55. The van der Waals surface area contributed by atoms with Crippen molar-refractivity contribution < 1.29 is 19.4 Å². The average Bonchev–Trinajstić information content (AvgIpc) is 3.51. The van der Waals surface area contributed by atoms with Crippen LogP contribution in [0, 0.1) is 0 Å². The first kappa shape index (κ1) is 22.7. The van der Waals surface area contributed by atoms with Crippen LogP contribution in [0.1, 0.15) is 22.3 Å². The summed E-state index contributed by atoms with van der Waals surface area (Å²) in [5, 5.41) is 13.1. The molecule has 0 spiro atoms. The topological polar surface area (TPSA) is 140 Å². The van der Waals surface area contributed by atoms with Gasteiger partial charge < -0.3 is 19.1 Å². The summed E-state index contributed by atoms with van der Waals surface area (Å²) in [6.07, 6.45) is 4.96. The number of morpholine rings is 1. The van der Waals surface area contributed by atoms with Crippen molar-refractivity contribution in [2.24, 2.45) is 0 Å². The smallest absolute Gasteiger partial charge is 0.338 e. The summed E-state index contributed by atoms with van der Waals surface area (Å²) in [6.45, 7) is 5.55. The van der Waals surface area contributed by atoms with Gasteiger partial charge in [-0.15, -0.1) is 0 Å². The number of carbonyl (C=O) groups is 1. The number of rotatable bonds is 9. The van der Waals surface area contributed by atoms with E-state index in [1.807, 2.05) is 24.3 Å². The van der Waals surface area contributed by atoms with Crippen molar-refractivity contribution in [2.45, 2.75) is 13.0 Å². The molecule has 4 aromatic rings. The maximum Gasteiger partial charge on any atom is 0.338 e. The molecule has 0 bridgehead atoms. The molecule has 2 N–H and O–H groups in total. The molecule has 0 unspecified atom stereocenters. The Morgan fingerprint density at radius 2 is 2.11 bits per heavy atom. The van der Waals surface area contributed by atoms with Gasteiger partial charge in [-0.25, -0.2) is 14.5 Å². The molecule has 0 radical (unpaired) electrons. The van der Waals surface area contributed by atoms with E-state index in [0.29, 0.717) is 18.8 Å². The molecule has 0 aliphatic carbocycles. The van der Waals surface area contributed by atoms with Gasteiger partial charge in [0.05, 0.1) is 44.5 Å². The van der Waals surface area contributed by atoms with Gasteiger partial charge in [0.2, 0.25) is 5.95 Å². The van der Waals surface area contributed by atoms with E-state index in [2.05, 4.69) is 25.0 Å². The summed E-state index contributed by atoms with van der Waals surface area (Å²) in [5.74, 6) is -0.236. The number of benzene rings is 1. The SMILES string of the molecule is O=C(O)c1cnn(-c2nc3c(ncn3Cc3cccc(OCCCN4CCOCC4)c3)c(=O)[nH]2)c1.